The van der Waals surface area contributed by atoms with Crippen molar-refractivity contribution in [3.8, 4) is 0 Å². The van der Waals surface area contributed by atoms with Crippen LogP contribution in [0.25, 0.3) is 11.2 Å². The highest BCUT2D eigenvalue weighted by atomic mass is 16.5. The summed E-state index contributed by atoms with van der Waals surface area (Å²) >= 11 is 0. The quantitative estimate of drug-likeness (QED) is 0.502. The van der Waals surface area contributed by atoms with E-state index in [2.05, 4.69) is 15.0 Å². The van der Waals surface area contributed by atoms with Crippen LogP contribution in [-0.2, 0) is 4.74 Å². The van der Waals surface area contributed by atoms with Crippen LogP contribution in [-0.4, -0.2) is 48.5 Å². The number of hydrogen-bond acceptors (Lipinski definition) is 7. The Labute approximate surface area is 112 Å². The number of ether oxygens (including phenoxy) is 1. The summed E-state index contributed by atoms with van der Waals surface area (Å²) in [5.41, 5.74) is 4.34. The number of H-pyrrole nitrogens is 1. The molecule has 20 heavy (non-hydrogen) atoms. The monoisotopic (exact) mass is 279 g/mol. The molecule has 2 aromatic heterocycles. The van der Waals surface area contributed by atoms with Crippen LogP contribution in [0.3, 0.4) is 0 Å². The second kappa shape index (κ2) is 4.40. The molecule has 0 saturated heterocycles. The van der Waals surface area contributed by atoms with Gasteiger partial charge in [-0.15, -0.1) is 0 Å². The number of nitrogens with one attached hydrogen (secondary N) is 1. The predicted molar refractivity (Wildman–Crippen MR) is 68.7 cm³/mol. The maximum Gasteiger partial charge on any atom is 0.280 e. The molecule has 106 valence electrons. The summed E-state index contributed by atoms with van der Waals surface area (Å²) in [6.07, 6.45) is 3.98. The second-order valence-electron chi connectivity index (χ2n) is 4.52. The Hall–Kier alpha value is -2.23. The molecule has 0 aliphatic carbocycles. The summed E-state index contributed by atoms with van der Waals surface area (Å²) in [7, 11) is 0. The number of nitrogens with two attached hydrogens (primary N) is 1. The number of hydrogen-bond donors (Lipinski definition) is 4. The van der Waals surface area contributed by atoms with Crippen LogP contribution in [0, 0.1) is 0 Å². The van der Waals surface area contributed by atoms with E-state index in [0.717, 1.165) is 0 Å². The normalized spacial score (nSPS) is 20.8. The lowest BCUT2D eigenvalue weighted by Crippen LogP contribution is -2.37. The summed E-state index contributed by atoms with van der Waals surface area (Å²) in [6.45, 7) is -0.724. The lowest BCUT2D eigenvalue weighted by molar-refractivity contribution is -0.105. The molecule has 0 unspecified atom stereocenters. The van der Waals surface area contributed by atoms with E-state index >= 15 is 0 Å². The van der Waals surface area contributed by atoms with Crippen molar-refractivity contribution in [3.05, 3.63) is 28.8 Å². The summed E-state index contributed by atoms with van der Waals surface area (Å²) < 4.78 is 7.10. The van der Waals surface area contributed by atoms with Gasteiger partial charge in [0, 0.05) is 0 Å². The summed E-state index contributed by atoms with van der Waals surface area (Å²) in [6, 6.07) is 0. The van der Waals surface area contributed by atoms with Gasteiger partial charge in [-0.25, -0.2) is 4.98 Å². The second-order valence-corrected chi connectivity index (χ2v) is 4.52. The van der Waals surface area contributed by atoms with Crippen molar-refractivity contribution in [2.45, 2.75) is 11.8 Å². The Morgan fingerprint density at radius 3 is 2.90 bits per heavy atom. The molecular weight excluding hydrogens is 266 g/mol. The van der Waals surface area contributed by atoms with Crippen molar-refractivity contribution in [1.82, 2.24) is 19.5 Å². The van der Waals surface area contributed by atoms with Crippen LogP contribution >= 0.6 is 0 Å². The molecule has 9 heteroatoms. The summed E-state index contributed by atoms with van der Waals surface area (Å²) in [4.78, 5) is 22.0. The molecule has 0 bridgehead atoms. The standard InChI is InChI=1S/C11H13N5O4/c12-10-14-8-7(9(19)15-10)13-5-16(8)6-1-2-11(3-17,4-18)20-6/h1-2,5-6,17-18H,3-4H2,(H3,12,14,15,19)/t6-/m1/s1. The first-order valence-electron chi connectivity index (χ1n) is 5.90. The molecule has 1 aliphatic rings. The molecule has 0 radical (unpaired) electrons. The fourth-order valence-corrected chi connectivity index (χ4v) is 2.09. The van der Waals surface area contributed by atoms with Gasteiger partial charge in [0.1, 0.15) is 5.60 Å². The van der Waals surface area contributed by atoms with Gasteiger partial charge < -0.3 is 20.7 Å². The highest BCUT2D eigenvalue weighted by Crippen LogP contribution is 2.30. The molecule has 3 heterocycles. The molecule has 0 spiro atoms. The Morgan fingerprint density at radius 1 is 1.50 bits per heavy atom. The van der Waals surface area contributed by atoms with E-state index < -0.39 is 17.4 Å². The maximum absolute atomic E-state index is 11.7. The van der Waals surface area contributed by atoms with E-state index in [0.29, 0.717) is 0 Å². The Morgan fingerprint density at radius 2 is 2.25 bits per heavy atom. The largest absolute Gasteiger partial charge is 0.393 e. The van der Waals surface area contributed by atoms with Crippen molar-refractivity contribution in [1.29, 1.82) is 0 Å². The maximum atomic E-state index is 11.7. The van der Waals surface area contributed by atoms with Crippen molar-refractivity contribution < 1.29 is 14.9 Å². The number of rotatable bonds is 3. The molecule has 2 aromatic rings. The Balaban J connectivity index is 2.05. The van der Waals surface area contributed by atoms with Crippen molar-refractivity contribution in [2.24, 2.45) is 0 Å². The van der Waals surface area contributed by atoms with Crippen LogP contribution in [0.15, 0.2) is 23.3 Å². The number of aliphatic hydroxyl groups excluding tert-OH is 2. The molecule has 1 aliphatic heterocycles. The zero-order valence-electron chi connectivity index (χ0n) is 10.4. The summed E-state index contributed by atoms with van der Waals surface area (Å²) in [5, 5.41) is 18.6. The number of aromatic amines is 1. The number of aromatic nitrogens is 4. The molecule has 0 saturated carbocycles. The average Bonchev–Trinajstić information content (AvgIpc) is 3.02. The van der Waals surface area contributed by atoms with Gasteiger partial charge in [-0.2, -0.15) is 4.98 Å². The number of nitrogens with zero attached hydrogens (tertiary/aromatic N) is 3. The third-order valence-electron chi connectivity index (χ3n) is 3.18. The minimum absolute atomic E-state index is 0.0261. The molecular formula is C11H13N5O4. The van der Waals surface area contributed by atoms with E-state index in [9.17, 15) is 15.0 Å². The zero-order valence-corrected chi connectivity index (χ0v) is 10.4. The highest BCUT2D eigenvalue weighted by molar-refractivity contribution is 5.70. The molecule has 1 atom stereocenters. The predicted octanol–water partition coefficient (Wildman–Crippen LogP) is -1.49. The van der Waals surface area contributed by atoms with E-state index in [1.807, 2.05) is 0 Å². The van der Waals surface area contributed by atoms with Gasteiger partial charge in [0.15, 0.2) is 17.4 Å². The van der Waals surface area contributed by atoms with Gasteiger partial charge in [-0.3, -0.25) is 14.3 Å². The van der Waals surface area contributed by atoms with Gasteiger partial charge in [0.2, 0.25) is 5.95 Å². The van der Waals surface area contributed by atoms with Crippen LogP contribution in [0.1, 0.15) is 6.23 Å². The van der Waals surface area contributed by atoms with Gasteiger partial charge in [-0.05, 0) is 12.2 Å². The fraction of sp³-hybridized carbons (Fsp3) is 0.364. The van der Waals surface area contributed by atoms with Gasteiger partial charge in [-0.1, -0.05) is 0 Å². The minimum Gasteiger partial charge on any atom is -0.393 e. The SMILES string of the molecule is Nc1nc2c(ncn2[C@H]2C=CC(CO)(CO)O2)c(=O)[nH]1. The lowest BCUT2D eigenvalue weighted by Gasteiger charge is -2.24. The Bertz CT molecular complexity index is 730. The third-order valence-corrected chi connectivity index (χ3v) is 3.18. The number of nitrogen functional groups attached to an aromatic ring is 1. The van der Waals surface area contributed by atoms with Crippen LogP contribution in [0.5, 0.6) is 0 Å². The van der Waals surface area contributed by atoms with Crippen molar-refractivity contribution in [3.63, 3.8) is 0 Å². The fourth-order valence-electron chi connectivity index (χ4n) is 2.09. The van der Waals surface area contributed by atoms with Gasteiger partial charge in [0.05, 0.1) is 19.5 Å². The molecule has 3 rings (SSSR count). The van der Waals surface area contributed by atoms with E-state index in [1.165, 1.54) is 10.9 Å². The molecule has 5 N–H and O–H groups in total. The number of anilines is 1. The van der Waals surface area contributed by atoms with E-state index in [4.69, 9.17) is 10.5 Å². The van der Waals surface area contributed by atoms with Crippen LogP contribution < -0.4 is 11.3 Å². The Kier molecular flexibility index (Phi) is 2.82. The smallest absolute Gasteiger partial charge is 0.280 e. The first kappa shape index (κ1) is 12.8. The highest BCUT2D eigenvalue weighted by Gasteiger charge is 2.36. The molecule has 0 amide bonds. The van der Waals surface area contributed by atoms with E-state index in [1.54, 1.807) is 12.2 Å². The molecule has 9 nitrogen and oxygen atoms in total. The first-order valence-corrected chi connectivity index (χ1v) is 5.90. The number of aliphatic hydroxyl groups is 2. The summed E-state index contributed by atoms with van der Waals surface area (Å²) in [5.74, 6) is -0.0261. The average molecular weight is 279 g/mol. The van der Waals surface area contributed by atoms with Crippen LogP contribution in [0.2, 0.25) is 0 Å². The third kappa shape index (κ3) is 1.80. The lowest BCUT2D eigenvalue weighted by atomic mass is 10.1. The number of imidazole rings is 1. The first-order chi connectivity index (χ1) is 9.58. The van der Waals surface area contributed by atoms with Crippen molar-refractivity contribution in [2.75, 3.05) is 18.9 Å². The zero-order chi connectivity index (χ0) is 14.3. The number of fused-ring (bicyclic) bond motifs is 1. The van der Waals surface area contributed by atoms with Crippen LogP contribution in [0.4, 0.5) is 5.95 Å². The molecule has 0 fully saturated rings. The molecule has 0 aromatic carbocycles. The van der Waals surface area contributed by atoms with Crippen molar-refractivity contribution >= 4 is 17.1 Å². The topological polar surface area (TPSA) is 139 Å². The van der Waals surface area contributed by atoms with Gasteiger partial charge >= 0.3 is 0 Å². The van der Waals surface area contributed by atoms with Gasteiger partial charge in [0.25, 0.3) is 5.56 Å². The minimum atomic E-state index is -1.14. The van der Waals surface area contributed by atoms with E-state index in [-0.39, 0.29) is 30.3 Å².